The summed E-state index contributed by atoms with van der Waals surface area (Å²) in [6.45, 7) is 2.37. The zero-order valence-corrected chi connectivity index (χ0v) is 13.5. The highest BCUT2D eigenvalue weighted by atomic mass is 19.1. The number of anilines is 1. The van der Waals surface area contributed by atoms with Gasteiger partial charge >= 0.3 is 0 Å². The van der Waals surface area contributed by atoms with Gasteiger partial charge in [-0.3, -0.25) is 9.59 Å². The van der Waals surface area contributed by atoms with Crippen molar-refractivity contribution >= 4 is 17.5 Å². The number of hydrogen-bond donors (Lipinski definition) is 1. The van der Waals surface area contributed by atoms with Gasteiger partial charge in [-0.05, 0) is 44.2 Å². The largest absolute Gasteiger partial charge is 0.328 e. The molecule has 1 aliphatic heterocycles. The van der Waals surface area contributed by atoms with E-state index < -0.39 is 11.4 Å². The molecule has 0 radical (unpaired) electrons. The summed E-state index contributed by atoms with van der Waals surface area (Å²) < 4.78 is 13.7. The van der Waals surface area contributed by atoms with E-state index in [4.69, 9.17) is 0 Å². The highest BCUT2D eigenvalue weighted by Crippen LogP contribution is 2.35. The summed E-state index contributed by atoms with van der Waals surface area (Å²) in [7, 11) is 0. The lowest BCUT2D eigenvalue weighted by atomic mass is 9.84. The predicted octanol–water partition coefficient (Wildman–Crippen LogP) is 3.34. The number of hydrogen-bond acceptors (Lipinski definition) is 2. The van der Waals surface area contributed by atoms with Crippen molar-refractivity contribution in [1.82, 2.24) is 4.90 Å². The molecule has 0 spiro atoms. The monoisotopic (exact) mass is 318 g/mol. The van der Waals surface area contributed by atoms with Gasteiger partial charge in [-0.15, -0.1) is 0 Å². The summed E-state index contributed by atoms with van der Waals surface area (Å²) in [4.78, 5) is 26.7. The highest BCUT2D eigenvalue weighted by molar-refractivity contribution is 6.01. The molecule has 1 unspecified atom stereocenters. The van der Waals surface area contributed by atoms with Crippen molar-refractivity contribution in [3.8, 4) is 0 Å². The number of likely N-dealkylation sites (tertiary alicyclic amines) is 1. The molecule has 1 heterocycles. The molecule has 124 valence electrons. The molecule has 1 aliphatic carbocycles. The maximum atomic E-state index is 13.7. The molecule has 2 amide bonds. The van der Waals surface area contributed by atoms with Crippen LogP contribution in [0.25, 0.3) is 0 Å². The Morgan fingerprint density at radius 1 is 1.30 bits per heavy atom. The fourth-order valence-corrected chi connectivity index (χ4v) is 3.59. The van der Waals surface area contributed by atoms with Crippen molar-refractivity contribution in [2.24, 2.45) is 5.92 Å². The normalized spacial score (nSPS) is 24.3. The molecule has 4 nitrogen and oxygen atoms in total. The maximum absolute atomic E-state index is 13.7. The lowest BCUT2D eigenvalue weighted by molar-refractivity contribution is -0.155. The third kappa shape index (κ3) is 3.09. The molecule has 5 heteroatoms. The number of carbonyl (C=O) groups excluding carboxylic acids is 2. The van der Waals surface area contributed by atoms with E-state index in [0.717, 1.165) is 12.8 Å². The van der Waals surface area contributed by atoms with E-state index in [1.165, 1.54) is 25.0 Å². The maximum Gasteiger partial charge on any atom is 0.250 e. The summed E-state index contributed by atoms with van der Waals surface area (Å²) in [5, 5.41) is 2.62. The minimum Gasteiger partial charge on any atom is -0.328 e. The van der Waals surface area contributed by atoms with Crippen LogP contribution in [-0.2, 0) is 9.59 Å². The first-order valence-electron chi connectivity index (χ1n) is 8.37. The molecule has 1 N–H and O–H groups in total. The van der Waals surface area contributed by atoms with Crippen LogP contribution in [-0.4, -0.2) is 28.8 Å². The number of rotatable bonds is 4. The molecule has 1 saturated carbocycles. The van der Waals surface area contributed by atoms with Crippen molar-refractivity contribution in [3.05, 3.63) is 30.1 Å². The Hall–Kier alpha value is -1.91. The second-order valence-electron chi connectivity index (χ2n) is 6.86. The van der Waals surface area contributed by atoms with E-state index in [2.05, 4.69) is 5.32 Å². The first kappa shape index (κ1) is 16.0. The van der Waals surface area contributed by atoms with E-state index in [-0.39, 0.29) is 17.5 Å². The molecule has 0 aromatic heterocycles. The Balaban J connectivity index is 1.64. The van der Waals surface area contributed by atoms with Crippen LogP contribution in [0.3, 0.4) is 0 Å². The van der Waals surface area contributed by atoms with Crippen LogP contribution in [0.1, 0.15) is 45.4 Å². The van der Waals surface area contributed by atoms with Gasteiger partial charge in [-0.1, -0.05) is 25.0 Å². The average Bonchev–Trinajstić information content (AvgIpc) is 3.00. The van der Waals surface area contributed by atoms with E-state index in [1.54, 1.807) is 24.0 Å². The number of benzene rings is 1. The Bertz CT molecular complexity index is 613. The van der Waals surface area contributed by atoms with Crippen molar-refractivity contribution in [1.29, 1.82) is 0 Å². The SMILES string of the molecule is CC1(C(=O)Nc2ccccc2F)CCN1C(=O)CC1CCCC1. The fourth-order valence-electron chi connectivity index (χ4n) is 3.59. The minimum atomic E-state index is -0.863. The lowest BCUT2D eigenvalue weighted by Gasteiger charge is -2.49. The Morgan fingerprint density at radius 3 is 2.61 bits per heavy atom. The van der Waals surface area contributed by atoms with Gasteiger partial charge in [0, 0.05) is 13.0 Å². The van der Waals surface area contributed by atoms with Crippen LogP contribution >= 0.6 is 0 Å². The Kier molecular flexibility index (Phi) is 4.37. The van der Waals surface area contributed by atoms with E-state index in [1.807, 2.05) is 0 Å². The lowest BCUT2D eigenvalue weighted by Crippen LogP contribution is -2.66. The summed E-state index contributed by atoms with van der Waals surface area (Å²) in [6, 6.07) is 6.08. The number of halogens is 1. The molecule has 1 aromatic rings. The molecule has 2 aliphatic rings. The third-order valence-electron chi connectivity index (χ3n) is 5.27. The molecule has 23 heavy (non-hydrogen) atoms. The minimum absolute atomic E-state index is 0.0503. The topological polar surface area (TPSA) is 49.4 Å². The Morgan fingerprint density at radius 2 is 2.00 bits per heavy atom. The van der Waals surface area contributed by atoms with Crippen LogP contribution in [0.5, 0.6) is 0 Å². The quantitative estimate of drug-likeness (QED) is 0.925. The van der Waals surface area contributed by atoms with Crippen molar-refractivity contribution in [2.45, 2.75) is 51.0 Å². The molecular formula is C18H23FN2O2. The fraction of sp³-hybridized carbons (Fsp3) is 0.556. The van der Waals surface area contributed by atoms with E-state index in [9.17, 15) is 14.0 Å². The van der Waals surface area contributed by atoms with Crippen LogP contribution in [0.2, 0.25) is 0 Å². The Labute approximate surface area is 136 Å². The number of nitrogens with one attached hydrogen (secondary N) is 1. The molecule has 1 saturated heterocycles. The zero-order chi connectivity index (χ0) is 16.4. The molecule has 1 aromatic carbocycles. The van der Waals surface area contributed by atoms with Crippen LogP contribution in [0.15, 0.2) is 24.3 Å². The molecule has 2 fully saturated rings. The van der Waals surface area contributed by atoms with Gasteiger partial charge in [0.1, 0.15) is 11.4 Å². The summed E-state index contributed by atoms with van der Waals surface area (Å²) in [6.07, 6.45) is 5.76. The molecule has 0 bridgehead atoms. The number of carbonyl (C=O) groups is 2. The molecular weight excluding hydrogens is 295 g/mol. The summed E-state index contributed by atoms with van der Waals surface area (Å²) in [5.74, 6) is -0.266. The number of para-hydroxylation sites is 1. The van der Waals surface area contributed by atoms with Crippen molar-refractivity contribution in [3.63, 3.8) is 0 Å². The van der Waals surface area contributed by atoms with Gasteiger partial charge in [0.15, 0.2) is 0 Å². The van der Waals surface area contributed by atoms with Gasteiger partial charge < -0.3 is 10.2 Å². The number of amides is 2. The van der Waals surface area contributed by atoms with Crippen LogP contribution < -0.4 is 5.32 Å². The van der Waals surface area contributed by atoms with Crippen LogP contribution in [0, 0.1) is 11.7 Å². The standard InChI is InChI=1S/C18H23FN2O2/c1-18(17(23)20-15-9-5-4-8-14(15)19)10-11-21(18)16(22)12-13-6-2-3-7-13/h4-5,8-9,13H,2-3,6-7,10-12H2,1H3,(H,20,23). The van der Waals surface area contributed by atoms with Crippen LogP contribution in [0.4, 0.5) is 10.1 Å². The van der Waals surface area contributed by atoms with Crippen molar-refractivity contribution < 1.29 is 14.0 Å². The first-order valence-corrected chi connectivity index (χ1v) is 8.37. The number of nitrogens with zero attached hydrogens (tertiary/aromatic N) is 1. The second-order valence-corrected chi connectivity index (χ2v) is 6.86. The third-order valence-corrected chi connectivity index (χ3v) is 5.27. The van der Waals surface area contributed by atoms with Gasteiger partial charge in [0.05, 0.1) is 5.69 Å². The molecule has 3 rings (SSSR count). The van der Waals surface area contributed by atoms with Gasteiger partial charge in [0.25, 0.3) is 0 Å². The summed E-state index contributed by atoms with van der Waals surface area (Å²) >= 11 is 0. The second kappa shape index (κ2) is 6.30. The predicted molar refractivity (Wildman–Crippen MR) is 86.3 cm³/mol. The van der Waals surface area contributed by atoms with Crippen molar-refractivity contribution in [2.75, 3.05) is 11.9 Å². The highest BCUT2D eigenvalue weighted by Gasteiger charge is 2.49. The van der Waals surface area contributed by atoms with E-state index in [0.29, 0.717) is 25.3 Å². The molecule has 1 atom stereocenters. The summed E-state index contributed by atoms with van der Waals surface area (Å²) in [5.41, 5.74) is -0.702. The van der Waals surface area contributed by atoms with E-state index >= 15 is 0 Å². The average molecular weight is 318 g/mol. The zero-order valence-electron chi connectivity index (χ0n) is 13.5. The van der Waals surface area contributed by atoms with Gasteiger partial charge in [-0.2, -0.15) is 0 Å². The van der Waals surface area contributed by atoms with Gasteiger partial charge in [0.2, 0.25) is 11.8 Å². The van der Waals surface area contributed by atoms with Gasteiger partial charge in [-0.25, -0.2) is 4.39 Å². The smallest absolute Gasteiger partial charge is 0.250 e. The first-order chi connectivity index (χ1) is 11.0.